The third-order valence-electron chi connectivity index (χ3n) is 14.3. The van der Waals surface area contributed by atoms with Crippen LogP contribution in [0.5, 0.6) is 0 Å². The molecule has 0 fully saturated rings. The van der Waals surface area contributed by atoms with E-state index in [1.165, 1.54) is 115 Å². The normalized spacial score (nSPS) is 13.9. The topological polar surface area (TPSA) is 6.48 Å². The van der Waals surface area contributed by atoms with Gasteiger partial charge in [0, 0.05) is 43.8 Å². The molecule has 0 bridgehead atoms. The fourth-order valence-electron chi connectivity index (χ4n) is 11.7. The fourth-order valence-corrected chi connectivity index (χ4v) is 12.9. The highest BCUT2D eigenvalue weighted by Crippen LogP contribution is 2.60. The lowest BCUT2D eigenvalue weighted by Crippen LogP contribution is -2.62. The summed E-state index contributed by atoms with van der Waals surface area (Å²) in [6.45, 7) is -0.153. The fraction of sp³-hybridized carbons (Fsp3) is 0.0164. The Kier molecular flexibility index (Phi) is 7.90. The number of hydrogen-bond donors (Lipinski definition) is 0. The van der Waals surface area contributed by atoms with Crippen molar-refractivity contribution in [3.63, 3.8) is 0 Å². The van der Waals surface area contributed by atoms with Crippen LogP contribution in [0, 0.1) is 0 Å². The molecule has 302 valence electrons. The predicted octanol–water partition coefficient (Wildman–Crippen LogP) is 14.8. The zero-order valence-corrected chi connectivity index (χ0v) is 36.2. The van der Waals surface area contributed by atoms with Crippen molar-refractivity contribution in [3.8, 4) is 33.4 Å². The molecular weight excluding hydrogens is 804 g/mol. The van der Waals surface area contributed by atoms with Crippen LogP contribution in [0.4, 0.5) is 28.4 Å². The SMILES string of the molecule is c1ccc(-c2ccc3c(c2)N(c2cccc4c2sc2ccccc24)B2c4cccc5c4N(c4ccccc4C5(c4ccccc4)c4ccccc4)c4cc(-c5ccccc5)cc-3c42)cc1. The molecule has 3 aliphatic heterocycles. The highest BCUT2D eigenvalue weighted by molar-refractivity contribution is 7.26. The van der Waals surface area contributed by atoms with Crippen LogP contribution < -0.4 is 20.6 Å². The number of hydrogen-bond acceptors (Lipinski definition) is 3. The lowest BCUT2D eigenvalue weighted by atomic mass is 9.42. The van der Waals surface area contributed by atoms with Gasteiger partial charge in [0.2, 0.25) is 0 Å². The van der Waals surface area contributed by atoms with Crippen LogP contribution in [0.2, 0.25) is 0 Å². The van der Waals surface area contributed by atoms with Gasteiger partial charge in [-0.05, 0) is 97.4 Å². The highest BCUT2D eigenvalue weighted by atomic mass is 32.1. The molecule has 65 heavy (non-hydrogen) atoms. The predicted molar refractivity (Wildman–Crippen MR) is 276 cm³/mol. The first kappa shape index (κ1) is 36.6. The maximum absolute atomic E-state index is 2.72. The lowest BCUT2D eigenvalue weighted by Gasteiger charge is -2.52. The lowest BCUT2D eigenvalue weighted by molar-refractivity contribution is 0.732. The van der Waals surface area contributed by atoms with Gasteiger partial charge in [-0.1, -0.05) is 200 Å². The number of nitrogens with zero attached hydrogens (tertiary/aromatic N) is 2. The van der Waals surface area contributed by atoms with Crippen LogP contribution in [0.25, 0.3) is 53.6 Å². The Balaban J connectivity index is 1.16. The van der Waals surface area contributed by atoms with Crippen LogP contribution >= 0.6 is 11.3 Å². The second kappa shape index (κ2) is 14.0. The molecule has 0 radical (unpaired) electrons. The number of rotatable bonds is 5. The highest BCUT2D eigenvalue weighted by Gasteiger charge is 2.53. The van der Waals surface area contributed by atoms with Crippen LogP contribution in [0.3, 0.4) is 0 Å². The molecule has 0 aliphatic carbocycles. The van der Waals surface area contributed by atoms with Crippen molar-refractivity contribution in [1.82, 2.24) is 0 Å². The summed E-state index contributed by atoms with van der Waals surface area (Å²) in [6, 6.07) is 88.6. The Labute approximate surface area is 383 Å². The van der Waals surface area contributed by atoms with E-state index >= 15 is 0 Å². The molecule has 0 amide bonds. The molecule has 0 unspecified atom stereocenters. The van der Waals surface area contributed by atoms with Gasteiger partial charge in [0.25, 0.3) is 0 Å². The molecular formula is C61H39BN2S. The third kappa shape index (κ3) is 5.12. The maximum atomic E-state index is 2.72. The van der Waals surface area contributed by atoms with Crippen molar-refractivity contribution in [2.24, 2.45) is 0 Å². The molecule has 14 rings (SSSR count). The molecule has 3 aliphatic rings. The first-order chi connectivity index (χ1) is 32.3. The molecule has 0 N–H and O–H groups in total. The molecule has 0 spiro atoms. The molecule has 4 heteroatoms. The van der Waals surface area contributed by atoms with E-state index in [1.807, 2.05) is 11.3 Å². The summed E-state index contributed by atoms with van der Waals surface area (Å²) < 4.78 is 2.61. The number of benzene rings is 10. The summed E-state index contributed by atoms with van der Waals surface area (Å²) in [7, 11) is 0. The van der Waals surface area contributed by atoms with E-state index in [4.69, 9.17) is 0 Å². The molecule has 11 aromatic rings. The van der Waals surface area contributed by atoms with Gasteiger partial charge >= 0.3 is 6.85 Å². The minimum absolute atomic E-state index is 0.153. The summed E-state index contributed by atoms with van der Waals surface area (Å²) in [5.41, 5.74) is 20.5. The van der Waals surface area contributed by atoms with Gasteiger partial charge in [-0.15, -0.1) is 11.3 Å². The zero-order valence-electron chi connectivity index (χ0n) is 35.4. The van der Waals surface area contributed by atoms with Crippen molar-refractivity contribution >= 4 is 77.7 Å². The minimum atomic E-state index is -0.596. The van der Waals surface area contributed by atoms with Crippen molar-refractivity contribution < 1.29 is 0 Å². The quantitative estimate of drug-likeness (QED) is 0.159. The largest absolute Gasteiger partial charge is 0.375 e. The molecule has 2 nitrogen and oxygen atoms in total. The second-order valence-corrected chi connectivity index (χ2v) is 18.6. The summed E-state index contributed by atoms with van der Waals surface area (Å²) in [5, 5.41) is 2.60. The summed E-state index contributed by atoms with van der Waals surface area (Å²) in [6.07, 6.45) is 0. The van der Waals surface area contributed by atoms with E-state index in [9.17, 15) is 0 Å². The Hall–Kier alpha value is -7.92. The standard InChI is InChI=1S/C61H39BN2S/c1-5-19-40(20-6-1)42-35-36-46-49-37-43(41-21-7-2-8-22-41)39-56-58(49)62(64(55(46)38-42)54-33-17-28-48-47-27-13-16-34-57(47)65-60(48)54)52-31-18-30-51-59(52)63(56)53-32-15-14-29-50(53)61(51,44-23-9-3-10-24-44)45-25-11-4-12-26-45/h1-39H. The number of thiophene rings is 1. The van der Waals surface area contributed by atoms with E-state index in [0.717, 1.165) is 0 Å². The minimum Gasteiger partial charge on any atom is -0.375 e. The van der Waals surface area contributed by atoms with Gasteiger partial charge < -0.3 is 9.71 Å². The average Bonchev–Trinajstić information content (AvgIpc) is 3.77. The Morgan fingerprint density at radius 1 is 0.385 bits per heavy atom. The Morgan fingerprint density at radius 2 is 0.969 bits per heavy atom. The van der Waals surface area contributed by atoms with Gasteiger partial charge in [-0.25, -0.2) is 0 Å². The second-order valence-electron chi connectivity index (χ2n) is 17.5. The van der Waals surface area contributed by atoms with Gasteiger partial charge in [-0.2, -0.15) is 0 Å². The van der Waals surface area contributed by atoms with Crippen LogP contribution in [-0.4, -0.2) is 6.85 Å². The Morgan fingerprint density at radius 3 is 1.72 bits per heavy atom. The van der Waals surface area contributed by atoms with Gasteiger partial charge in [-0.3, -0.25) is 0 Å². The monoisotopic (exact) mass is 842 g/mol. The van der Waals surface area contributed by atoms with E-state index in [1.54, 1.807) is 0 Å². The van der Waals surface area contributed by atoms with Crippen molar-refractivity contribution in [3.05, 3.63) is 259 Å². The smallest absolute Gasteiger partial charge is 0.333 e. The zero-order chi connectivity index (χ0) is 42.6. The van der Waals surface area contributed by atoms with Crippen LogP contribution in [0.15, 0.2) is 237 Å². The van der Waals surface area contributed by atoms with Crippen LogP contribution in [0.1, 0.15) is 22.3 Å². The first-order valence-corrected chi connectivity index (χ1v) is 23.4. The molecule has 1 aromatic heterocycles. The summed E-state index contributed by atoms with van der Waals surface area (Å²) in [4.78, 5) is 5.35. The van der Waals surface area contributed by atoms with Gasteiger partial charge in [0.15, 0.2) is 0 Å². The third-order valence-corrected chi connectivity index (χ3v) is 15.5. The van der Waals surface area contributed by atoms with Crippen molar-refractivity contribution in [2.75, 3.05) is 9.71 Å². The van der Waals surface area contributed by atoms with E-state index in [-0.39, 0.29) is 6.85 Å². The van der Waals surface area contributed by atoms with E-state index in [0.29, 0.717) is 0 Å². The van der Waals surface area contributed by atoms with Crippen molar-refractivity contribution in [2.45, 2.75) is 5.41 Å². The first-order valence-electron chi connectivity index (χ1n) is 22.5. The molecule has 10 aromatic carbocycles. The number of anilines is 5. The van der Waals surface area contributed by atoms with E-state index in [2.05, 4.69) is 246 Å². The Bertz CT molecular complexity index is 3640. The summed E-state index contributed by atoms with van der Waals surface area (Å²) >= 11 is 1.91. The van der Waals surface area contributed by atoms with Crippen molar-refractivity contribution in [1.29, 1.82) is 0 Å². The molecule has 0 saturated carbocycles. The number of fused-ring (bicyclic) bond motifs is 9. The molecule has 0 saturated heterocycles. The molecule has 4 heterocycles. The molecule has 0 atom stereocenters. The maximum Gasteiger partial charge on any atom is 0.333 e. The van der Waals surface area contributed by atoms with Crippen LogP contribution in [-0.2, 0) is 5.41 Å². The average molecular weight is 843 g/mol. The van der Waals surface area contributed by atoms with E-state index < -0.39 is 5.41 Å². The van der Waals surface area contributed by atoms with Gasteiger partial charge in [0.1, 0.15) is 0 Å². The number of para-hydroxylation sites is 2. The van der Waals surface area contributed by atoms with Gasteiger partial charge in [0.05, 0.1) is 15.8 Å². The summed E-state index contributed by atoms with van der Waals surface area (Å²) in [5.74, 6) is 0.